The summed E-state index contributed by atoms with van der Waals surface area (Å²) in [6, 6.07) is 10.8. The molecule has 3 N–H and O–H groups in total. The summed E-state index contributed by atoms with van der Waals surface area (Å²) in [5.74, 6) is -0.0480. The van der Waals surface area contributed by atoms with Crippen LogP contribution in [0.2, 0.25) is 0 Å². The molecule has 1 aliphatic carbocycles. The van der Waals surface area contributed by atoms with E-state index in [1.165, 1.54) is 5.56 Å². The average molecular weight is 442 g/mol. The van der Waals surface area contributed by atoms with Gasteiger partial charge >= 0.3 is 0 Å². The summed E-state index contributed by atoms with van der Waals surface area (Å²) in [5.41, 5.74) is 10.8. The summed E-state index contributed by atoms with van der Waals surface area (Å²) in [6.07, 6.45) is 7.32. The van der Waals surface area contributed by atoms with Crippen LogP contribution in [0.15, 0.2) is 36.5 Å². The third kappa shape index (κ3) is 4.36. The highest BCUT2D eigenvalue weighted by Gasteiger charge is 2.27. The number of aromatic amines is 1. The minimum absolute atomic E-state index is 0. The molecular formula is C22H28ClN7O. The van der Waals surface area contributed by atoms with E-state index in [-0.39, 0.29) is 24.4 Å². The highest BCUT2D eigenvalue weighted by molar-refractivity contribution is 5.92. The number of nitrogens with zero attached hydrogens (tertiary/aromatic N) is 5. The zero-order chi connectivity index (χ0) is 20.5. The number of nitrogens with one attached hydrogen (secondary N) is 1. The first-order valence-electron chi connectivity index (χ1n) is 10.8. The molecule has 1 aliphatic heterocycles. The number of aromatic nitrogens is 5. The molecule has 1 saturated carbocycles. The van der Waals surface area contributed by atoms with E-state index in [2.05, 4.69) is 32.6 Å². The minimum Gasteiger partial charge on any atom is -0.336 e. The molecule has 0 spiro atoms. The van der Waals surface area contributed by atoms with E-state index in [1.807, 2.05) is 34.0 Å². The first kappa shape index (κ1) is 21.5. The lowest BCUT2D eigenvalue weighted by molar-refractivity contribution is 0.0756. The Kier molecular flexibility index (Phi) is 6.38. The third-order valence-electron chi connectivity index (χ3n) is 6.40. The lowest BCUT2D eigenvalue weighted by Gasteiger charge is -2.25. The Balaban J connectivity index is 0.00000231. The van der Waals surface area contributed by atoms with Crippen molar-refractivity contribution in [2.45, 2.75) is 50.6 Å². The Morgan fingerprint density at radius 3 is 2.58 bits per heavy atom. The average Bonchev–Trinajstić information content (AvgIpc) is 3.37. The Labute approximate surface area is 187 Å². The molecule has 0 saturated heterocycles. The quantitative estimate of drug-likeness (QED) is 0.650. The van der Waals surface area contributed by atoms with Crippen molar-refractivity contribution in [2.24, 2.45) is 5.73 Å². The van der Waals surface area contributed by atoms with Crippen molar-refractivity contribution in [3.05, 3.63) is 53.5 Å². The normalized spacial score (nSPS) is 21.1. The fraction of sp³-hybridized carbons (Fsp3) is 0.455. The molecule has 3 heterocycles. The van der Waals surface area contributed by atoms with Crippen LogP contribution in [0.4, 0.5) is 0 Å². The topological polar surface area (TPSA) is 106 Å². The standard InChI is InChI=1S/C22H27N7O.ClH/c23-16-6-8-17(9-7-16)29-14-20(25-27-29)22(30)28-12-10-18-19(11-13-28)24-26-21(18)15-4-2-1-3-5-15;/h1-5,14,16-17H,6-13,23H2,(H,24,26);1H. The van der Waals surface area contributed by atoms with Crippen LogP contribution in [0, 0.1) is 0 Å². The van der Waals surface area contributed by atoms with Crippen LogP contribution in [-0.2, 0) is 12.8 Å². The van der Waals surface area contributed by atoms with E-state index in [9.17, 15) is 4.79 Å². The van der Waals surface area contributed by atoms with Crippen LogP contribution in [0.25, 0.3) is 11.3 Å². The maximum atomic E-state index is 13.1. The van der Waals surface area contributed by atoms with Gasteiger partial charge in [-0.25, -0.2) is 4.68 Å². The lowest BCUT2D eigenvalue weighted by atomic mass is 9.92. The van der Waals surface area contributed by atoms with E-state index in [0.29, 0.717) is 24.8 Å². The maximum absolute atomic E-state index is 13.1. The maximum Gasteiger partial charge on any atom is 0.276 e. The molecule has 0 bridgehead atoms. The highest BCUT2D eigenvalue weighted by Crippen LogP contribution is 2.28. The Morgan fingerprint density at radius 2 is 1.81 bits per heavy atom. The number of rotatable bonds is 3. The zero-order valence-corrected chi connectivity index (χ0v) is 18.2. The van der Waals surface area contributed by atoms with Gasteiger partial charge in [-0.15, -0.1) is 17.5 Å². The van der Waals surface area contributed by atoms with Crippen LogP contribution in [-0.4, -0.2) is 55.1 Å². The number of hydrogen-bond acceptors (Lipinski definition) is 5. The second-order valence-corrected chi connectivity index (χ2v) is 8.34. The van der Waals surface area contributed by atoms with Gasteiger partial charge in [-0.05, 0) is 32.1 Å². The Morgan fingerprint density at radius 1 is 1.06 bits per heavy atom. The lowest BCUT2D eigenvalue weighted by Crippen LogP contribution is -2.33. The molecule has 1 fully saturated rings. The first-order valence-corrected chi connectivity index (χ1v) is 10.8. The Hall–Kier alpha value is -2.71. The summed E-state index contributed by atoms with van der Waals surface area (Å²) < 4.78 is 1.86. The van der Waals surface area contributed by atoms with Crippen molar-refractivity contribution in [3.8, 4) is 11.3 Å². The predicted molar refractivity (Wildman–Crippen MR) is 120 cm³/mol. The van der Waals surface area contributed by atoms with Gasteiger partial charge in [0.15, 0.2) is 5.69 Å². The molecule has 0 atom stereocenters. The second-order valence-electron chi connectivity index (χ2n) is 8.34. The van der Waals surface area contributed by atoms with Crippen LogP contribution in [0.5, 0.6) is 0 Å². The summed E-state index contributed by atoms with van der Waals surface area (Å²) >= 11 is 0. The third-order valence-corrected chi connectivity index (χ3v) is 6.40. The molecule has 31 heavy (non-hydrogen) atoms. The van der Waals surface area contributed by atoms with Crippen LogP contribution < -0.4 is 5.73 Å². The van der Waals surface area contributed by atoms with E-state index >= 15 is 0 Å². The fourth-order valence-electron chi connectivity index (χ4n) is 4.60. The summed E-state index contributed by atoms with van der Waals surface area (Å²) in [5, 5.41) is 16.2. The van der Waals surface area contributed by atoms with Crippen molar-refractivity contribution in [1.29, 1.82) is 0 Å². The van der Waals surface area contributed by atoms with Gasteiger partial charge in [-0.2, -0.15) is 5.10 Å². The minimum atomic E-state index is -0.0480. The largest absolute Gasteiger partial charge is 0.336 e. The van der Waals surface area contributed by atoms with Gasteiger partial charge in [0, 0.05) is 42.4 Å². The van der Waals surface area contributed by atoms with Gasteiger partial charge in [0.25, 0.3) is 5.91 Å². The smallest absolute Gasteiger partial charge is 0.276 e. The molecule has 0 unspecified atom stereocenters. The number of amides is 1. The van der Waals surface area contributed by atoms with E-state index in [4.69, 9.17) is 5.73 Å². The zero-order valence-electron chi connectivity index (χ0n) is 17.4. The van der Waals surface area contributed by atoms with Crippen molar-refractivity contribution < 1.29 is 4.79 Å². The summed E-state index contributed by atoms with van der Waals surface area (Å²) in [6.45, 7) is 1.30. The molecule has 1 amide bonds. The van der Waals surface area contributed by atoms with Gasteiger partial charge in [-0.3, -0.25) is 9.89 Å². The SMILES string of the molecule is Cl.NC1CCC(n2cc(C(=O)N3CCc4[nH]nc(-c5ccccc5)c4CC3)nn2)CC1. The molecule has 8 nitrogen and oxygen atoms in total. The highest BCUT2D eigenvalue weighted by atomic mass is 35.5. The van der Waals surface area contributed by atoms with Crippen LogP contribution in [0.3, 0.4) is 0 Å². The fourth-order valence-corrected chi connectivity index (χ4v) is 4.60. The molecule has 5 rings (SSSR count). The number of fused-ring (bicyclic) bond motifs is 1. The number of hydrogen-bond donors (Lipinski definition) is 2. The molecule has 2 aromatic heterocycles. The number of carbonyl (C=O) groups excluding carboxylic acids is 1. The van der Waals surface area contributed by atoms with Crippen molar-refractivity contribution in [3.63, 3.8) is 0 Å². The van der Waals surface area contributed by atoms with Crippen LogP contribution >= 0.6 is 12.4 Å². The van der Waals surface area contributed by atoms with Gasteiger partial charge in [-0.1, -0.05) is 35.5 Å². The number of benzene rings is 1. The van der Waals surface area contributed by atoms with Gasteiger partial charge in [0.05, 0.1) is 17.9 Å². The molecule has 164 valence electrons. The number of carbonyl (C=O) groups is 1. The van der Waals surface area contributed by atoms with Gasteiger partial charge in [0.2, 0.25) is 0 Å². The van der Waals surface area contributed by atoms with Crippen molar-refractivity contribution >= 4 is 18.3 Å². The molecular weight excluding hydrogens is 414 g/mol. The van der Waals surface area contributed by atoms with E-state index < -0.39 is 0 Å². The van der Waals surface area contributed by atoms with Gasteiger partial charge < -0.3 is 10.6 Å². The van der Waals surface area contributed by atoms with Crippen molar-refractivity contribution in [2.75, 3.05) is 13.1 Å². The number of H-pyrrole nitrogens is 1. The molecule has 0 radical (unpaired) electrons. The first-order chi connectivity index (χ1) is 14.7. The Bertz CT molecular complexity index is 1020. The second kappa shape index (κ2) is 9.20. The molecule has 9 heteroatoms. The predicted octanol–water partition coefficient (Wildman–Crippen LogP) is 2.77. The summed E-state index contributed by atoms with van der Waals surface area (Å²) in [7, 11) is 0. The number of nitrogens with two attached hydrogens (primary N) is 1. The molecule has 2 aliphatic rings. The van der Waals surface area contributed by atoms with E-state index in [0.717, 1.165) is 55.5 Å². The summed E-state index contributed by atoms with van der Waals surface area (Å²) in [4.78, 5) is 15.0. The van der Waals surface area contributed by atoms with Crippen LogP contribution in [0.1, 0.15) is 53.5 Å². The van der Waals surface area contributed by atoms with Crippen molar-refractivity contribution in [1.82, 2.24) is 30.1 Å². The number of halogens is 1. The monoisotopic (exact) mass is 441 g/mol. The molecule has 3 aromatic rings. The van der Waals surface area contributed by atoms with Gasteiger partial charge in [0.1, 0.15) is 0 Å². The molecule has 1 aromatic carbocycles. The van der Waals surface area contributed by atoms with E-state index in [1.54, 1.807) is 0 Å².